The van der Waals surface area contributed by atoms with Crippen LogP contribution in [0.25, 0.3) is 11.5 Å². The topological polar surface area (TPSA) is 26.0 Å². The van der Waals surface area contributed by atoms with Gasteiger partial charge in [0.15, 0.2) is 0 Å². The summed E-state index contributed by atoms with van der Waals surface area (Å²) in [6.45, 7) is 4.14. The zero-order chi connectivity index (χ0) is 9.26. The van der Waals surface area contributed by atoms with Gasteiger partial charge in [-0.3, -0.25) is 0 Å². The molecule has 2 rings (SSSR count). The molecule has 0 fully saturated rings. The highest BCUT2D eigenvalue weighted by molar-refractivity contribution is 5.55. The molecule has 2 heteroatoms. The van der Waals surface area contributed by atoms with E-state index in [4.69, 9.17) is 4.42 Å². The smallest absolute Gasteiger partial charge is 0.225 e. The van der Waals surface area contributed by atoms with Crippen molar-refractivity contribution in [2.24, 2.45) is 0 Å². The van der Waals surface area contributed by atoms with Crippen LogP contribution in [-0.4, -0.2) is 4.98 Å². The Kier molecular flexibility index (Phi) is 1.89. The third kappa shape index (κ3) is 1.61. The molecule has 0 unspecified atom stereocenters. The van der Waals surface area contributed by atoms with Crippen LogP contribution < -0.4 is 0 Å². The van der Waals surface area contributed by atoms with Gasteiger partial charge in [-0.05, 0) is 26.0 Å². The zero-order valence-electron chi connectivity index (χ0n) is 7.74. The van der Waals surface area contributed by atoms with Crippen molar-refractivity contribution in [2.75, 3.05) is 0 Å². The molecule has 66 valence electrons. The summed E-state index contributed by atoms with van der Waals surface area (Å²) < 4.78 is 5.22. The van der Waals surface area contributed by atoms with Crippen LogP contribution in [0.15, 0.2) is 35.1 Å². The van der Waals surface area contributed by atoms with E-state index in [1.54, 1.807) is 12.5 Å². The summed E-state index contributed by atoms with van der Waals surface area (Å²) in [4.78, 5) is 4.10. The number of oxazole rings is 1. The Morgan fingerprint density at radius 1 is 1.08 bits per heavy atom. The highest BCUT2D eigenvalue weighted by atomic mass is 16.3. The Hall–Kier alpha value is -1.57. The maximum Gasteiger partial charge on any atom is 0.225 e. The molecule has 0 spiro atoms. The van der Waals surface area contributed by atoms with Crippen molar-refractivity contribution >= 4 is 0 Å². The molecule has 0 atom stereocenters. The van der Waals surface area contributed by atoms with Crippen LogP contribution in [0, 0.1) is 13.8 Å². The van der Waals surface area contributed by atoms with E-state index < -0.39 is 0 Å². The molecule has 0 aliphatic rings. The molecule has 0 amide bonds. The average molecular weight is 173 g/mol. The van der Waals surface area contributed by atoms with Gasteiger partial charge in [0, 0.05) is 5.56 Å². The fourth-order valence-corrected chi connectivity index (χ4v) is 1.46. The predicted octanol–water partition coefficient (Wildman–Crippen LogP) is 2.96. The zero-order valence-corrected chi connectivity index (χ0v) is 7.74. The number of hydrogen-bond donors (Lipinski definition) is 0. The van der Waals surface area contributed by atoms with Crippen molar-refractivity contribution in [1.29, 1.82) is 0 Å². The van der Waals surface area contributed by atoms with Crippen LogP contribution in [0.4, 0.5) is 0 Å². The first-order valence-electron chi connectivity index (χ1n) is 4.24. The van der Waals surface area contributed by atoms with Crippen LogP contribution >= 0.6 is 0 Å². The van der Waals surface area contributed by atoms with E-state index in [1.807, 2.05) is 0 Å². The minimum atomic E-state index is 0.687. The summed E-state index contributed by atoms with van der Waals surface area (Å²) >= 11 is 0. The summed E-state index contributed by atoms with van der Waals surface area (Å²) in [5.41, 5.74) is 3.50. The van der Waals surface area contributed by atoms with Crippen LogP contribution in [0.3, 0.4) is 0 Å². The van der Waals surface area contributed by atoms with E-state index in [2.05, 4.69) is 37.0 Å². The quantitative estimate of drug-likeness (QED) is 0.662. The maximum absolute atomic E-state index is 5.22. The molecule has 1 aromatic carbocycles. The summed E-state index contributed by atoms with van der Waals surface area (Å²) in [7, 11) is 0. The normalized spacial score (nSPS) is 10.3. The minimum absolute atomic E-state index is 0.687. The fraction of sp³-hybridized carbons (Fsp3) is 0.182. The molecule has 0 saturated carbocycles. The van der Waals surface area contributed by atoms with Crippen molar-refractivity contribution in [1.82, 2.24) is 4.98 Å². The van der Waals surface area contributed by atoms with Gasteiger partial charge in [0.2, 0.25) is 5.89 Å². The van der Waals surface area contributed by atoms with Crippen LogP contribution in [-0.2, 0) is 0 Å². The Balaban J connectivity index is 2.53. The average Bonchev–Trinajstić information content (AvgIpc) is 2.53. The second-order valence-corrected chi connectivity index (χ2v) is 3.21. The number of hydrogen-bond acceptors (Lipinski definition) is 2. The summed E-state index contributed by atoms with van der Waals surface area (Å²) in [5, 5.41) is 0. The van der Waals surface area contributed by atoms with Gasteiger partial charge in [-0.1, -0.05) is 17.2 Å². The van der Waals surface area contributed by atoms with E-state index in [0.29, 0.717) is 5.89 Å². The molecule has 2 nitrogen and oxygen atoms in total. The lowest BCUT2D eigenvalue weighted by atomic mass is 10.1. The highest BCUT2D eigenvalue weighted by Gasteiger charge is 2.02. The number of aromatic nitrogens is 1. The Bertz CT molecular complexity index is 384. The van der Waals surface area contributed by atoms with E-state index in [9.17, 15) is 0 Å². The van der Waals surface area contributed by atoms with Gasteiger partial charge in [0.25, 0.3) is 0 Å². The molecule has 1 heterocycles. The first-order valence-corrected chi connectivity index (χ1v) is 4.24. The van der Waals surface area contributed by atoms with Crippen molar-refractivity contribution in [2.45, 2.75) is 13.8 Å². The first-order chi connectivity index (χ1) is 6.25. The summed E-state index contributed by atoms with van der Waals surface area (Å²) in [6, 6.07) is 6.27. The largest absolute Gasteiger partial charge is 0.445 e. The van der Waals surface area contributed by atoms with Gasteiger partial charge in [-0.25, -0.2) is 4.98 Å². The molecule has 0 aliphatic carbocycles. The molecule has 13 heavy (non-hydrogen) atoms. The Labute approximate surface area is 77.2 Å². The SMILES string of the molecule is Cc1cc(C)cc(-c2ncco2)c1. The third-order valence-electron chi connectivity index (χ3n) is 1.90. The lowest BCUT2D eigenvalue weighted by Crippen LogP contribution is -1.81. The van der Waals surface area contributed by atoms with Crippen molar-refractivity contribution in [3.63, 3.8) is 0 Å². The summed E-state index contributed by atoms with van der Waals surface area (Å²) in [6.07, 6.45) is 3.25. The lowest BCUT2D eigenvalue weighted by molar-refractivity contribution is 0.574. The molecule has 0 bridgehead atoms. The van der Waals surface area contributed by atoms with Crippen molar-refractivity contribution in [3.8, 4) is 11.5 Å². The van der Waals surface area contributed by atoms with E-state index in [0.717, 1.165) is 5.56 Å². The second-order valence-electron chi connectivity index (χ2n) is 3.21. The first kappa shape index (κ1) is 8.05. The minimum Gasteiger partial charge on any atom is -0.445 e. The van der Waals surface area contributed by atoms with Gasteiger partial charge >= 0.3 is 0 Å². The van der Waals surface area contributed by atoms with Crippen molar-refractivity contribution in [3.05, 3.63) is 41.8 Å². The van der Waals surface area contributed by atoms with Gasteiger partial charge < -0.3 is 4.42 Å². The summed E-state index contributed by atoms with van der Waals surface area (Å²) in [5.74, 6) is 0.687. The molecule has 0 saturated heterocycles. The Morgan fingerprint density at radius 3 is 2.31 bits per heavy atom. The monoisotopic (exact) mass is 173 g/mol. The Morgan fingerprint density at radius 2 is 1.77 bits per heavy atom. The van der Waals surface area contributed by atoms with Gasteiger partial charge in [-0.15, -0.1) is 0 Å². The molecule has 2 aromatic rings. The number of nitrogens with zero attached hydrogens (tertiary/aromatic N) is 1. The predicted molar refractivity (Wildman–Crippen MR) is 51.4 cm³/mol. The lowest BCUT2D eigenvalue weighted by Gasteiger charge is -2.00. The highest BCUT2D eigenvalue weighted by Crippen LogP contribution is 2.19. The van der Waals surface area contributed by atoms with Gasteiger partial charge in [0.1, 0.15) is 6.26 Å². The molecule has 0 radical (unpaired) electrons. The van der Waals surface area contributed by atoms with Crippen molar-refractivity contribution < 1.29 is 4.42 Å². The number of rotatable bonds is 1. The van der Waals surface area contributed by atoms with E-state index in [-0.39, 0.29) is 0 Å². The van der Waals surface area contributed by atoms with E-state index in [1.165, 1.54) is 11.1 Å². The van der Waals surface area contributed by atoms with Crippen LogP contribution in [0.5, 0.6) is 0 Å². The standard InChI is InChI=1S/C11H11NO/c1-8-5-9(2)7-10(6-8)11-12-3-4-13-11/h3-7H,1-2H3. The van der Waals surface area contributed by atoms with Crippen LogP contribution in [0.2, 0.25) is 0 Å². The maximum atomic E-state index is 5.22. The number of benzene rings is 1. The molecule has 1 aromatic heterocycles. The second kappa shape index (κ2) is 3.05. The van der Waals surface area contributed by atoms with Crippen LogP contribution in [0.1, 0.15) is 11.1 Å². The number of aryl methyl sites for hydroxylation is 2. The third-order valence-corrected chi connectivity index (χ3v) is 1.90. The fourth-order valence-electron chi connectivity index (χ4n) is 1.46. The van der Waals surface area contributed by atoms with Gasteiger partial charge in [0.05, 0.1) is 6.20 Å². The molecule has 0 aliphatic heterocycles. The van der Waals surface area contributed by atoms with Gasteiger partial charge in [-0.2, -0.15) is 0 Å². The molecular weight excluding hydrogens is 162 g/mol. The molecule has 0 N–H and O–H groups in total. The van der Waals surface area contributed by atoms with E-state index >= 15 is 0 Å². The molecular formula is C11H11NO.